The van der Waals surface area contributed by atoms with Gasteiger partial charge in [0, 0.05) is 11.2 Å². The molecular weight excluding hydrogens is 339 g/mol. The summed E-state index contributed by atoms with van der Waals surface area (Å²) in [6, 6.07) is 0. The molecule has 2 nitrogen and oxygen atoms in total. The number of aldehydes is 1. The van der Waals surface area contributed by atoms with E-state index in [0.717, 1.165) is 42.8 Å². The van der Waals surface area contributed by atoms with Gasteiger partial charge in [-0.1, -0.05) is 31.3 Å². The summed E-state index contributed by atoms with van der Waals surface area (Å²) in [5.74, 6) is 4.77. The molecule has 26 heavy (non-hydrogen) atoms. The van der Waals surface area contributed by atoms with Gasteiger partial charge in [-0.2, -0.15) is 12.6 Å². The van der Waals surface area contributed by atoms with Gasteiger partial charge in [-0.3, -0.25) is 0 Å². The maximum Gasteiger partial charge on any atom is 0.292 e. The molecule has 0 saturated heterocycles. The summed E-state index contributed by atoms with van der Waals surface area (Å²) in [7, 11) is 2.06. The van der Waals surface area contributed by atoms with Crippen molar-refractivity contribution in [2.24, 2.45) is 41.4 Å². The van der Waals surface area contributed by atoms with E-state index in [1.807, 2.05) is 0 Å². The maximum atomic E-state index is 11.6. The van der Waals surface area contributed by atoms with Gasteiger partial charge < -0.3 is 9.45 Å². The van der Waals surface area contributed by atoms with Crippen LogP contribution in [0.1, 0.15) is 58.3 Å². The number of fused-ring (bicyclic) bond motifs is 3. The summed E-state index contributed by atoms with van der Waals surface area (Å²) in [6.07, 6.45) is 12.5. The highest BCUT2D eigenvalue weighted by Gasteiger charge is 2.48. The van der Waals surface area contributed by atoms with E-state index in [-0.39, 0.29) is 0 Å². The molecule has 0 aromatic carbocycles. The number of carbonyl (C=O) groups is 1. The molecule has 5 saturated carbocycles. The Labute approximate surface area is 165 Å². The molecule has 5 aliphatic carbocycles. The molecule has 5 fully saturated rings. The summed E-state index contributed by atoms with van der Waals surface area (Å²) < 4.78 is 6.12. The number of carbonyl (C=O) groups excluding carboxylic acids is 1. The summed E-state index contributed by atoms with van der Waals surface area (Å²) >= 11 is 4.74. The van der Waals surface area contributed by atoms with Crippen molar-refractivity contribution >= 4 is 26.4 Å². The molecule has 5 rings (SSSR count). The van der Waals surface area contributed by atoms with Crippen LogP contribution in [-0.2, 0) is 9.45 Å². The lowest BCUT2D eigenvalue weighted by Gasteiger charge is -2.49. The summed E-state index contributed by atoms with van der Waals surface area (Å²) in [5, 5.41) is 0.427. The maximum absolute atomic E-state index is 11.6. The Balaban J connectivity index is 1.21. The average Bonchev–Trinajstić information content (AvgIpc) is 3.13. The highest BCUT2D eigenvalue weighted by molar-refractivity contribution is 7.81. The van der Waals surface area contributed by atoms with Crippen LogP contribution < -0.4 is 0 Å². The van der Waals surface area contributed by atoms with Crippen molar-refractivity contribution in [2.75, 3.05) is 0 Å². The lowest BCUT2D eigenvalue weighted by Crippen LogP contribution is -2.48. The molecule has 4 heteroatoms. The Bertz CT molecular complexity index is 530. The highest BCUT2D eigenvalue weighted by atomic mass is 32.1. The number of thiol groups is 1. The van der Waals surface area contributed by atoms with E-state index >= 15 is 0 Å². The topological polar surface area (TPSA) is 26.3 Å². The van der Waals surface area contributed by atoms with Crippen molar-refractivity contribution < 1.29 is 9.45 Å². The minimum atomic E-state index is 0.295. The monoisotopic (exact) mass is 373 g/mol. The van der Waals surface area contributed by atoms with Crippen LogP contribution in [0.3, 0.4) is 0 Å². The number of allylic oxidation sites excluding steroid dienone is 1. The minimum Gasteiger partial charge on any atom is -0.436 e. The first-order valence-corrected chi connectivity index (χ1v) is 11.3. The zero-order valence-corrected chi connectivity index (χ0v) is 17.1. The Kier molecular flexibility index (Phi) is 5.90. The molecule has 0 spiro atoms. The van der Waals surface area contributed by atoms with E-state index < -0.39 is 0 Å². The Morgan fingerprint density at radius 2 is 2.00 bits per heavy atom. The summed E-state index contributed by atoms with van der Waals surface area (Å²) in [4.78, 5) is 11.6. The minimum absolute atomic E-state index is 0.295. The predicted molar refractivity (Wildman–Crippen MR) is 110 cm³/mol. The zero-order valence-electron chi connectivity index (χ0n) is 16.2. The Morgan fingerprint density at radius 1 is 1.19 bits per heavy atom. The van der Waals surface area contributed by atoms with Gasteiger partial charge in [0.05, 0.1) is 6.10 Å². The second-order valence-corrected chi connectivity index (χ2v) is 10.4. The molecular formula is C22H34BO2S. The normalized spacial score (nSPS) is 46.5. The van der Waals surface area contributed by atoms with E-state index in [2.05, 4.69) is 21.0 Å². The lowest BCUT2D eigenvalue weighted by atomic mass is 9.63. The van der Waals surface area contributed by atoms with E-state index in [9.17, 15) is 4.79 Å². The van der Waals surface area contributed by atoms with Crippen LogP contribution in [0.15, 0.2) is 12.2 Å². The fourth-order valence-corrected chi connectivity index (χ4v) is 7.25. The molecule has 1 radical (unpaired) electrons. The molecule has 2 bridgehead atoms. The van der Waals surface area contributed by atoms with Crippen molar-refractivity contribution in [3.05, 3.63) is 12.2 Å². The predicted octanol–water partition coefficient (Wildman–Crippen LogP) is 4.97. The van der Waals surface area contributed by atoms with Crippen molar-refractivity contribution in [3.63, 3.8) is 0 Å². The van der Waals surface area contributed by atoms with E-state index in [1.165, 1.54) is 50.4 Å². The first-order valence-electron chi connectivity index (χ1n) is 10.8. The Hall–Kier alpha value is -0.215. The first-order chi connectivity index (χ1) is 12.6. The van der Waals surface area contributed by atoms with Gasteiger partial charge in [-0.05, 0) is 81.0 Å². The van der Waals surface area contributed by atoms with Gasteiger partial charge >= 0.3 is 0 Å². The molecule has 7 atom stereocenters. The van der Waals surface area contributed by atoms with Crippen LogP contribution in [0.2, 0.25) is 6.32 Å². The lowest BCUT2D eigenvalue weighted by molar-refractivity contribution is -0.112. The quantitative estimate of drug-likeness (QED) is 0.214. The van der Waals surface area contributed by atoms with E-state index in [4.69, 9.17) is 17.3 Å². The third-order valence-electron chi connectivity index (χ3n) is 8.10. The van der Waals surface area contributed by atoms with Crippen molar-refractivity contribution in [3.8, 4) is 0 Å². The van der Waals surface area contributed by atoms with Gasteiger partial charge in [-0.15, -0.1) is 0 Å². The van der Waals surface area contributed by atoms with Gasteiger partial charge in [0.1, 0.15) is 6.29 Å². The van der Waals surface area contributed by atoms with Crippen LogP contribution in [0.5, 0.6) is 0 Å². The number of hydrogen-bond acceptors (Lipinski definition) is 3. The fourth-order valence-electron chi connectivity index (χ4n) is 6.64. The standard InChI is InChI=1S/C22H34BO2S/c1-13(2)15-9-16-10-18(12-24)19(20(16)11-15)4-3-5-23-25-22-17-6-14(7-17)8-21(22)26/h12,14-22,26H,1,3-11H2,2H3. The molecule has 0 amide bonds. The van der Waals surface area contributed by atoms with Crippen LogP contribution in [0, 0.1) is 41.4 Å². The molecule has 0 N–H and O–H groups in total. The smallest absolute Gasteiger partial charge is 0.292 e. The fraction of sp³-hybridized carbons (Fsp3) is 0.864. The van der Waals surface area contributed by atoms with Crippen LogP contribution in [0.25, 0.3) is 0 Å². The summed E-state index contributed by atoms with van der Waals surface area (Å²) in [5.41, 5.74) is 1.34. The third-order valence-corrected chi connectivity index (χ3v) is 8.60. The van der Waals surface area contributed by atoms with Crippen molar-refractivity contribution in [1.82, 2.24) is 0 Å². The Morgan fingerprint density at radius 3 is 2.69 bits per heavy atom. The number of hydrogen-bond donors (Lipinski definition) is 1. The van der Waals surface area contributed by atoms with Crippen LogP contribution >= 0.6 is 12.6 Å². The van der Waals surface area contributed by atoms with Crippen LogP contribution in [0.4, 0.5) is 0 Å². The molecule has 0 heterocycles. The highest BCUT2D eigenvalue weighted by Crippen LogP contribution is 2.55. The summed E-state index contributed by atoms with van der Waals surface area (Å²) in [6.45, 7) is 6.35. The SMILES string of the molecule is C=C(C)C1CC2CC(C=O)C(CCC[B]OC3C(S)CC4CC3C4)C2C1. The molecule has 143 valence electrons. The van der Waals surface area contributed by atoms with Gasteiger partial charge in [0.15, 0.2) is 0 Å². The molecule has 7 unspecified atom stereocenters. The third kappa shape index (κ3) is 3.70. The number of rotatable bonds is 8. The van der Waals surface area contributed by atoms with Gasteiger partial charge in [-0.25, -0.2) is 0 Å². The molecule has 0 aromatic heterocycles. The van der Waals surface area contributed by atoms with Crippen LogP contribution in [-0.4, -0.2) is 25.1 Å². The second kappa shape index (κ2) is 8.03. The largest absolute Gasteiger partial charge is 0.436 e. The molecule has 0 aromatic rings. The zero-order chi connectivity index (χ0) is 18.3. The molecule has 5 aliphatic rings. The first kappa shape index (κ1) is 19.1. The van der Waals surface area contributed by atoms with E-state index in [0.29, 0.717) is 29.1 Å². The second-order valence-electron chi connectivity index (χ2n) is 9.74. The van der Waals surface area contributed by atoms with Gasteiger partial charge in [0.25, 0.3) is 7.48 Å². The van der Waals surface area contributed by atoms with Crippen molar-refractivity contribution in [2.45, 2.75) is 76.0 Å². The van der Waals surface area contributed by atoms with Gasteiger partial charge in [0.2, 0.25) is 0 Å². The molecule has 0 aliphatic heterocycles. The van der Waals surface area contributed by atoms with Crippen molar-refractivity contribution in [1.29, 1.82) is 0 Å². The average molecular weight is 373 g/mol. The van der Waals surface area contributed by atoms with E-state index in [1.54, 1.807) is 0 Å².